The summed E-state index contributed by atoms with van der Waals surface area (Å²) in [5, 5.41) is 10.4. The minimum absolute atomic E-state index is 0.0310. The van der Waals surface area contributed by atoms with Gasteiger partial charge in [-0.05, 0) is 18.2 Å². The number of fused-ring (bicyclic) bond motifs is 1. The second kappa shape index (κ2) is 4.03. The molecule has 0 saturated heterocycles. The van der Waals surface area contributed by atoms with E-state index in [9.17, 15) is 9.90 Å². The lowest BCUT2D eigenvalue weighted by molar-refractivity contribution is 0.100. The maximum absolute atomic E-state index is 11.4. The highest BCUT2D eigenvalue weighted by molar-refractivity contribution is 7.22. The highest BCUT2D eigenvalue weighted by atomic mass is 32.1. The number of hydrogen-bond acceptors (Lipinski definition) is 5. The van der Waals surface area contributed by atoms with Gasteiger partial charge in [-0.15, -0.1) is 11.3 Å². The Balaban J connectivity index is 2.41. The van der Waals surface area contributed by atoms with Gasteiger partial charge in [0.1, 0.15) is 10.6 Å². The Labute approximate surface area is 112 Å². The van der Waals surface area contributed by atoms with Gasteiger partial charge in [0, 0.05) is 15.8 Å². The third-order valence-corrected chi connectivity index (χ3v) is 4.16. The van der Waals surface area contributed by atoms with E-state index in [1.807, 2.05) is 0 Å². The van der Waals surface area contributed by atoms with Crippen molar-refractivity contribution in [2.75, 3.05) is 5.73 Å². The topological polar surface area (TPSA) is 102 Å². The Bertz CT molecular complexity index is 775. The zero-order valence-electron chi connectivity index (χ0n) is 9.71. The summed E-state index contributed by atoms with van der Waals surface area (Å²) in [5.41, 5.74) is 13.1. The first kappa shape index (κ1) is 11.6. The van der Waals surface area contributed by atoms with Crippen molar-refractivity contribution in [1.82, 2.24) is 0 Å². The molecule has 0 unspecified atom stereocenters. The number of phenolic OH excluding ortho intramolecular Hbond substituents is 1. The number of aromatic hydroxyl groups is 1. The fourth-order valence-corrected chi connectivity index (χ4v) is 3.17. The highest BCUT2D eigenvalue weighted by Crippen LogP contribution is 2.44. The zero-order valence-corrected chi connectivity index (χ0v) is 10.5. The monoisotopic (exact) mass is 274 g/mol. The van der Waals surface area contributed by atoms with Crippen molar-refractivity contribution in [3.8, 4) is 16.9 Å². The first-order valence-electron chi connectivity index (χ1n) is 5.46. The smallest absolute Gasteiger partial charge is 0.260 e. The van der Waals surface area contributed by atoms with Crippen LogP contribution in [0.4, 0.5) is 5.69 Å². The summed E-state index contributed by atoms with van der Waals surface area (Å²) in [5.74, 6) is -0.570. The van der Waals surface area contributed by atoms with Crippen LogP contribution in [0, 0.1) is 0 Å². The molecular formula is C13H10N2O3S. The lowest BCUT2D eigenvalue weighted by Gasteiger charge is -2.02. The molecule has 0 saturated carbocycles. The van der Waals surface area contributed by atoms with Crippen LogP contribution >= 0.6 is 11.3 Å². The van der Waals surface area contributed by atoms with Gasteiger partial charge in [-0.1, -0.05) is 0 Å². The third kappa shape index (κ3) is 1.65. The standard InChI is InChI=1S/C13H10N2O3S/c14-10-9-8(16)2-1-7(6-3-4-18-5-6)11(9)19-12(10)13(15)17/h1-5,16H,14H2,(H2,15,17). The molecule has 0 aliphatic rings. The third-order valence-electron chi connectivity index (χ3n) is 2.91. The normalized spacial score (nSPS) is 10.9. The second-order valence-electron chi connectivity index (χ2n) is 4.06. The molecule has 3 aromatic rings. The summed E-state index contributed by atoms with van der Waals surface area (Å²) >= 11 is 1.17. The van der Waals surface area contributed by atoms with Crippen molar-refractivity contribution in [2.24, 2.45) is 5.73 Å². The number of phenols is 1. The molecule has 0 bridgehead atoms. The fraction of sp³-hybridized carbons (Fsp3) is 0. The Hall–Kier alpha value is -2.47. The maximum atomic E-state index is 11.4. The summed E-state index contributed by atoms with van der Waals surface area (Å²) in [7, 11) is 0. The Kier molecular flexibility index (Phi) is 2.46. The molecular weight excluding hydrogens is 264 g/mol. The molecule has 1 aromatic carbocycles. The van der Waals surface area contributed by atoms with E-state index in [1.165, 1.54) is 11.3 Å². The zero-order chi connectivity index (χ0) is 13.6. The Morgan fingerprint density at radius 2 is 2.11 bits per heavy atom. The van der Waals surface area contributed by atoms with Crippen molar-refractivity contribution in [3.63, 3.8) is 0 Å². The van der Waals surface area contributed by atoms with Gasteiger partial charge in [0.25, 0.3) is 5.91 Å². The average molecular weight is 274 g/mol. The number of furan rings is 1. The van der Waals surface area contributed by atoms with Crippen LogP contribution < -0.4 is 11.5 Å². The van der Waals surface area contributed by atoms with E-state index in [-0.39, 0.29) is 16.3 Å². The van der Waals surface area contributed by atoms with Crippen molar-refractivity contribution >= 4 is 33.0 Å². The largest absolute Gasteiger partial charge is 0.507 e. The van der Waals surface area contributed by atoms with Gasteiger partial charge in [0.05, 0.1) is 23.6 Å². The van der Waals surface area contributed by atoms with Crippen LogP contribution in [0.15, 0.2) is 35.1 Å². The van der Waals surface area contributed by atoms with E-state index in [1.54, 1.807) is 30.7 Å². The van der Waals surface area contributed by atoms with Crippen LogP contribution in [0.5, 0.6) is 5.75 Å². The van der Waals surface area contributed by atoms with Gasteiger partial charge in [0.2, 0.25) is 0 Å². The summed E-state index contributed by atoms with van der Waals surface area (Å²) in [6.07, 6.45) is 3.14. The number of carbonyl (C=O) groups is 1. The van der Waals surface area contributed by atoms with E-state index < -0.39 is 5.91 Å². The highest BCUT2D eigenvalue weighted by Gasteiger charge is 2.19. The van der Waals surface area contributed by atoms with E-state index in [2.05, 4.69) is 0 Å². The number of hydrogen-bond donors (Lipinski definition) is 3. The molecule has 0 spiro atoms. The van der Waals surface area contributed by atoms with E-state index >= 15 is 0 Å². The van der Waals surface area contributed by atoms with Crippen LogP contribution in [0.2, 0.25) is 0 Å². The van der Waals surface area contributed by atoms with Crippen molar-refractivity contribution < 1.29 is 14.3 Å². The molecule has 0 aliphatic heterocycles. The molecule has 3 rings (SSSR count). The summed E-state index contributed by atoms with van der Waals surface area (Å²) in [6, 6.07) is 5.09. The summed E-state index contributed by atoms with van der Waals surface area (Å²) in [4.78, 5) is 11.6. The molecule has 1 amide bonds. The lowest BCUT2D eigenvalue weighted by atomic mass is 10.1. The van der Waals surface area contributed by atoms with Crippen LogP contribution in [0.3, 0.4) is 0 Å². The maximum Gasteiger partial charge on any atom is 0.260 e. The minimum atomic E-state index is -0.601. The molecule has 0 aliphatic carbocycles. The molecule has 6 heteroatoms. The van der Waals surface area contributed by atoms with Gasteiger partial charge < -0.3 is 21.0 Å². The van der Waals surface area contributed by atoms with Crippen molar-refractivity contribution in [2.45, 2.75) is 0 Å². The van der Waals surface area contributed by atoms with Crippen LogP contribution in [-0.2, 0) is 0 Å². The average Bonchev–Trinajstić information content (AvgIpc) is 2.98. The van der Waals surface area contributed by atoms with Crippen LogP contribution in [-0.4, -0.2) is 11.0 Å². The molecule has 5 N–H and O–H groups in total. The summed E-state index contributed by atoms with van der Waals surface area (Å²) < 4.78 is 5.77. The number of nitrogens with two attached hydrogens (primary N) is 2. The van der Waals surface area contributed by atoms with E-state index in [0.29, 0.717) is 10.1 Å². The Morgan fingerprint density at radius 1 is 1.32 bits per heavy atom. The predicted molar refractivity (Wildman–Crippen MR) is 74.1 cm³/mol. The number of anilines is 1. The van der Waals surface area contributed by atoms with E-state index in [0.717, 1.165) is 11.1 Å². The first-order valence-corrected chi connectivity index (χ1v) is 6.27. The van der Waals surface area contributed by atoms with Crippen LogP contribution in [0.25, 0.3) is 21.2 Å². The van der Waals surface area contributed by atoms with Crippen molar-refractivity contribution in [3.05, 3.63) is 35.6 Å². The molecule has 96 valence electrons. The molecule has 19 heavy (non-hydrogen) atoms. The van der Waals surface area contributed by atoms with E-state index in [4.69, 9.17) is 15.9 Å². The lowest BCUT2D eigenvalue weighted by Crippen LogP contribution is -2.10. The number of amides is 1. The quantitative estimate of drug-likeness (QED) is 0.668. The Morgan fingerprint density at radius 3 is 2.74 bits per heavy atom. The SMILES string of the molecule is NC(=O)c1sc2c(-c3ccoc3)ccc(O)c2c1N. The molecule has 2 heterocycles. The number of rotatable bonds is 2. The van der Waals surface area contributed by atoms with Gasteiger partial charge >= 0.3 is 0 Å². The van der Waals surface area contributed by atoms with Gasteiger partial charge in [-0.2, -0.15) is 0 Å². The molecule has 0 fully saturated rings. The number of benzene rings is 1. The molecule has 0 atom stereocenters. The number of nitrogen functional groups attached to an aromatic ring is 1. The molecule has 2 aromatic heterocycles. The minimum Gasteiger partial charge on any atom is -0.507 e. The molecule has 5 nitrogen and oxygen atoms in total. The molecule has 0 radical (unpaired) electrons. The number of primary amides is 1. The number of carbonyl (C=O) groups excluding carboxylic acids is 1. The van der Waals surface area contributed by atoms with Gasteiger partial charge in [-0.25, -0.2) is 0 Å². The predicted octanol–water partition coefficient (Wildman–Crippen LogP) is 2.55. The number of thiophene rings is 1. The van der Waals surface area contributed by atoms with Crippen molar-refractivity contribution in [1.29, 1.82) is 0 Å². The second-order valence-corrected chi connectivity index (χ2v) is 5.08. The van der Waals surface area contributed by atoms with Gasteiger partial charge in [-0.3, -0.25) is 4.79 Å². The summed E-state index contributed by atoms with van der Waals surface area (Å²) in [6.45, 7) is 0. The fourth-order valence-electron chi connectivity index (χ4n) is 2.04. The van der Waals surface area contributed by atoms with Crippen LogP contribution in [0.1, 0.15) is 9.67 Å². The van der Waals surface area contributed by atoms with Gasteiger partial charge in [0.15, 0.2) is 0 Å². The first-order chi connectivity index (χ1) is 9.09.